The smallest absolute Gasteiger partial charge is 0.309 e. The van der Waals surface area contributed by atoms with E-state index in [1.54, 1.807) is 0 Å². The van der Waals surface area contributed by atoms with Crippen molar-refractivity contribution in [3.05, 3.63) is 0 Å². The summed E-state index contributed by atoms with van der Waals surface area (Å²) in [6.45, 7) is 1.90. The van der Waals surface area contributed by atoms with Gasteiger partial charge in [0.05, 0.1) is 11.5 Å². The fourth-order valence-corrected chi connectivity index (χ4v) is 2.51. The summed E-state index contributed by atoms with van der Waals surface area (Å²) in [5, 5.41) is 19.0. The van der Waals surface area contributed by atoms with Gasteiger partial charge in [0.1, 0.15) is 0 Å². The maximum Gasteiger partial charge on any atom is 0.309 e. The normalized spacial score (nSPS) is 23.1. The van der Waals surface area contributed by atoms with Gasteiger partial charge in [-0.15, -0.1) is 0 Å². The van der Waals surface area contributed by atoms with Crippen LogP contribution < -0.4 is 0 Å². The Labute approximate surface area is 91.5 Å². The summed E-state index contributed by atoms with van der Waals surface area (Å²) < 4.78 is 0. The monoisotopic (exact) mass is 214 g/mol. The zero-order chi connectivity index (χ0) is 11.3. The number of hydrogen-bond acceptors (Lipinski definition) is 2. The SMILES string of the molecule is CCC(O)CC1(C(=O)O)CCCCCC1. The molecule has 0 aromatic carbocycles. The molecule has 1 rings (SSSR count). The van der Waals surface area contributed by atoms with Crippen LogP contribution >= 0.6 is 0 Å². The van der Waals surface area contributed by atoms with Crippen molar-refractivity contribution in [2.24, 2.45) is 5.41 Å². The van der Waals surface area contributed by atoms with E-state index in [1.165, 1.54) is 0 Å². The molecule has 1 aliphatic rings. The third kappa shape index (κ3) is 3.20. The predicted octanol–water partition coefficient (Wildman–Crippen LogP) is 2.57. The molecule has 1 aliphatic carbocycles. The van der Waals surface area contributed by atoms with Gasteiger partial charge in [-0.25, -0.2) is 0 Å². The summed E-state index contributed by atoms with van der Waals surface area (Å²) in [6.07, 6.45) is 6.34. The van der Waals surface area contributed by atoms with Crippen LogP contribution in [0.1, 0.15) is 58.3 Å². The highest BCUT2D eigenvalue weighted by atomic mass is 16.4. The summed E-state index contributed by atoms with van der Waals surface area (Å²) >= 11 is 0. The van der Waals surface area contributed by atoms with E-state index in [9.17, 15) is 15.0 Å². The summed E-state index contributed by atoms with van der Waals surface area (Å²) in [4.78, 5) is 11.4. The average Bonchev–Trinajstić information content (AvgIpc) is 2.44. The van der Waals surface area contributed by atoms with Crippen LogP contribution in [-0.2, 0) is 4.79 Å². The zero-order valence-electron chi connectivity index (χ0n) is 9.54. The molecular formula is C12H22O3. The lowest BCUT2D eigenvalue weighted by Gasteiger charge is -2.29. The lowest BCUT2D eigenvalue weighted by atomic mass is 9.75. The molecule has 88 valence electrons. The van der Waals surface area contributed by atoms with Crippen molar-refractivity contribution < 1.29 is 15.0 Å². The van der Waals surface area contributed by atoms with Gasteiger partial charge >= 0.3 is 5.97 Å². The molecule has 1 atom stereocenters. The third-order valence-corrected chi connectivity index (χ3v) is 3.61. The Kier molecular flexibility index (Phi) is 4.58. The van der Waals surface area contributed by atoms with Crippen molar-refractivity contribution in [2.75, 3.05) is 0 Å². The minimum absolute atomic E-state index is 0.429. The van der Waals surface area contributed by atoms with Crippen LogP contribution in [0.2, 0.25) is 0 Å². The Balaban J connectivity index is 2.71. The van der Waals surface area contributed by atoms with Crippen molar-refractivity contribution in [1.82, 2.24) is 0 Å². The Morgan fingerprint density at radius 3 is 2.20 bits per heavy atom. The molecule has 3 nitrogen and oxygen atoms in total. The van der Waals surface area contributed by atoms with Crippen LogP contribution in [0.4, 0.5) is 0 Å². The van der Waals surface area contributed by atoms with E-state index >= 15 is 0 Å². The summed E-state index contributed by atoms with van der Waals surface area (Å²) in [6, 6.07) is 0. The molecule has 0 heterocycles. The standard InChI is InChI=1S/C12H22O3/c1-2-10(13)9-12(11(14)15)7-5-3-4-6-8-12/h10,13H,2-9H2,1H3,(H,14,15). The number of carboxylic acids is 1. The lowest BCUT2D eigenvalue weighted by molar-refractivity contribution is -0.152. The van der Waals surface area contributed by atoms with Gasteiger partial charge in [-0.2, -0.15) is 0 Å². The molecule has 0 saturated heterocycles. The molecule has 3 heteroatoms. The Morgan fingerprint density at radius 1 is 1.27 bits per heavy atom. The number of hydrogen-bond donors (Lipinski definition) is 2. The molecule has 0 spiro atoms. The first-order chi connectivity index (χ1) is 7.10. The van der Waals surface area contributed by atoms with Gasteiger partial charge in [-0.1, -0.05) is 32.6 Å². The molecule has 0 bridgehead atoms. The predicted molar refractivity (Wildman–Crippen MR) is 58.7 cm³/mol. The van der Waals surface area contributed by atoms with Gasteiger partial charge in [0.15, 0.2) is 0 Å². The van der Waals surface area contributed by atoms with Crippen molar-refractivity contribution >= 4 is 5.97 Å². The second-order valence-electron chi connectivity index (χ2n) is 4.77. The number of aliphatic hydroxyl groups is 1. The van der Waals surface area contributed by atoms with Crippen molar-refractivity contribution in [3.63, 3.8) is 0 Å². The van der Waals surface area contributed by atoms with Gasteiger partial charge in [0.25, 0.3) is 0 Å². The van der Waals surface area contributed by atoms with Crippen LogP contribution in [0.25, 0.3) is 0 Å². The highest BCUT2D eigenvalue weighted by Gasteiger charge is 2.39. The molecule has 0 radical (unpaired) electrons. The van der Waals surface area contributed by atoms with Crippen LogP contribution in [0.15, 0.2) is 0 Å². The Hall–Kier alpha value is -0.570. The maximum atomic E-state index is 11.4. The highest BCUT2D eigenvalue weighted by molar-refractivity contribution is 5.74. The quantitative estimate of drug-likeness (QED) is 0.707. The summed E-state index contributed by atoms with van der Waals surface area (Å²) in [5.41, 5.74) is -0.647. The third-order valence-electron chi connectivity index (χ3n) is 3.61. The number of aliphatic carboxylic acids is 1. The van der Waals surface area contributed by atoms with E-state index in [1.807, 2.05) is 6.92 Å². The van der Waals surface area contributed by atoms with Crippen molar-refractivity contribution in [3.8, 4) is 0 Å². The van der Waals surface area contributed by atoms with E-state index in [4.69, 9.17) is 0 Å². The molecule has 0 amide bonds. The van der Waals surface area contributed by atoms with E-state index in [2.05, 4.69) is 0 Å². The highest BCUT2D eigenvalue weighted by Crippen LogP contribution is 2.39. The Morgan fingerprint density at radius 2 is 1.80 bits per heavy atom. The van der Waals surface area contributed by atoms with Crippen LogP contribution in [0.5, 0.6) is 0 Å². The van der Waals surface area contributed by atoms with Crippen LogP contribution in [0.3, 0.4) is 0 Å². The summed E-state index contributed by atoms with van der Waals surface area (Å²) in [5.74, 6) is -0.711. The first kappa shape index (κ1) is 12.5. The first-order valence-corrected chi connectivity index (χ1v) is 6.02. The first-order valence-electron chi connectivity index (χ1n) is 6.02. The zero-order valence-corrected chi connectivity index (χ0v) is 9.54. The van der Waals surface area contributed by atoms with E-state index < -0.39 is 17.5 Å². The minimum Gasteiger partial charge on any atom is -0.481 e. The van der Waals surface area contributed by atoms with E-state index in [0.717, 1.165) is 38.5 Å². The number of rotatable bonds is 4. The number of carboxylic acid groups (broad SMARTS) is 1. The van der Waals surface area contributed by atoms with E-state index in [-0.39, 0.29) is 0 Å². The van der Waals surface area contributed by atoms with Crippen LogP contribution in [-0.4, -0.2) is 22.3 Å². The van der Waals surface area contributed by atoms with Gasteiger partial charge in [0.2, 0.25) is 0 Å². The van der Waals surface area contributed by atoms with Gasteiger partial charge in [0, 0.05) is 0 Å². The molecule has 0 aliphatic heterocycles. The molecule has 1 unspecified atom stereocenters. The molecular weight excluding hydrogens is 192 g/mol. The molecule has 1 saturated carbocycles. The second kappa shape index (κ2) is 5.50. The summed E-state index contributed by atoms with van der Waals surface area (Å²) in [7, 11) is 0. The number of aliphatic hydroxyl groups excluding tert-OH is 1. The molecule has 2 N–H and O–H groups in total. The Bertz CT molecular complexity index is 205. The van der Waals surface area contributed by atoms with Gasteiger partial charge < -0.3 is 10.2 Å². The second-order valence-corrected chi connectivity index (χ2v) is 4.77. The largest absolute Gasteiger partial charge is 0.481 e. The maximum absolute atomic E-state index is 11.4. The van der Waals surface area contributed by atoms with Crippen LogP contribution in [0, 0.1) is 5.41 Å². The lowest BCUT2D eigenvalue weighted by Crippen LogP contribution is -2.34. The minimum atomic E-state index is -0.711. The van der Waals surface area contributed by atoms with E-state index in [0.29, 0.717) is 12.8 Å². The van der Waals surface area contributed by atoms with Gasteiger partial charge in [-0.05, 0) is 25.7 Å². The van der Waals surface area contributed by atoms with Gasteiger partial charge in [-0.3, -0.25) is 4.79 Å². The molecule has 1 fully saturated rings. The molecule has 0 aromatic heterocycles. The fraction of sp³-hybridized carbons (Fsp3) is 0.917. The fourth-order valence-electron chi connectivity index (χ4n) is 2.51. The van der Waals surface area contributed by atoms with Crippen molar-refractivity contribution in [1.29, 1.82) is 0 Å². The molecule has 15 heavy (non-hydrogen) atoms. The average molecular weight is 214 g/mol. The molecule has 0 aromatic rings. The number of carbonyl (C=O) groups is 1. The van der Waals surface area contributed by atoms with Crippen molar-refractivity contribution in [2.45, 2.75) is 64.4 Å². The topological polar surface area (TPSA) is 57.5 Å².